The van der Waals surface area contributed by atoms with Gasteiger partial charge in [-0.2, -0.15) is 0 Å². The number of ether oxygens (including phenoxy) is 1. The summed E-state index contributed by atoms with van der Waals surface area (Å²) in [4.78, 5) is 28.7. The standard InChI is InChI=1S/C20H24F2N2O3/c21-16-2-1-14(9-17(16)22)11-24-13-20(10-18(24)25)4-6-23(7-5-20)19(26)15-3-8-27-12-15/h1-2,9,15H,3-8,10-13H2/t15-/m0/s1. The molecule has 1 spiro atoms. The predicted molar refractivity (Wildman–Crippen MR) is 93.6 cm³/mol. The highest BCUT2D eigenvalue weighted by molar-refractivity contribution is 5.81. The Morgan fingerprint density at radius 1 is 1.22 bits per heavy atom. The van der Waals surface area contributed by atoms with Crippen molar-refractivity contribution in [2.45, 2.75) is 32.2 Å². The third kappa shape index (κ3) is 3.70. The van der Waals surface area contributed by atoms with E-state index in [-0.39, 0.29) is 23.1 Å². The molecule has 146 valence electrons. The van der Waals surface area contributed by atoms with Gasteiger partial charge >= 0.3 is 0 Å². The number of hydrogen-bond donors (Lipinski definition) is 0. The molecule has 2 amide bonds. The van der Waals surface area contributed by atoms with Crippen molar-refractivity contribution in [1.29, 1.82) is 0 Å². The van der Waals surface area contributed by atoms with E-state index in [2.05, 4.69) is 0 Å². The molecule has 1 aromatic rings. The van der Waals surface area contributed by atoms with Crippen molar-refractivity contribution in [2.24, 2.45) is 11.3 Å². The lowest BCUT2D eigenvalue weighted by atomic mass is 9.77. The van der Waals surface area contributed by atoms with Crippen LogP contribution < -0.4 is 0 Å². The van der Waals surface area contributed by atoms with E-state index < -0.39 is 11.6 Å². The Morgan fingerprint density at radius 3 is 2.67 bits per heavy atom. The number of carbonyl (C=O) groups is 2. The molecule has 0 aromatic heterocycles. The van der Waals surface area contributed by atoms with Crippen molar-refractivity contribution in [3.8, 4) is 0 Å². The van der Waals surface area contributed by atoms with Gasteiger partial charge in [0.2, 0.25) is 11.8 Å². The summed E-state index contributed by atoms with van der Waals surface area (Å²) in [5.41, 5.74) is 0.478. The van der Waals surface area contributed by atoms with Crippen LogP contribution >= 0.6 is 0 Å². The van der Waals surface area contributed by atoms with Gasteiger partial charge in [-0.05, 0) is 37.0 Å². The van der Waals surface area contributed by atoms with Crippen molar-refractivity contribution in [2.75, 3.05) is 32.8 Å². The van der Waals surface area contributed by atoms with Gasteiger partial charge in [0.1, 0.15) is 0 Å². The molecular weight excluding hydrogens is 354 g/mol. The van der Waals surface area contributed by atoms with Gasteiger partial charge in [-0.1, -0.05) is 6.07 Å². The van der Waals surface area contributed by atoms with Gasteiger partial charge in [0, 0.05) is 44.6 Å². The van der Waals surface area contributed by atoms with Crippen LogP contribution in [-0.4, -0.2) is 54.5 Å². The van der Waals surface area contributed by atoms with Crippen LogP contribution in [0.4, 0.5) is 8.78 Å². The number of benzene rings is 1. The number of piperidine rings is 1. The zero-order valence-corrected chi connectivity index (χ0v) is 15.3. The van der Waals surface area contributed by atoms with Crippen molar-refractivity contribution in [3.63, 3.8) is 0 Å². The quantitative estimate of drug-likeness (QED) is 0.811. The van der Waals surface area contributed by atoms with Crippen molar-refractivity contribution >= 4 is 11.8 Å². The van der Waals surface area contributed by atoms with Crippen molar-refractivity contribution in [3.05, 3.63) is 35.4 Å². The first-order valence-electron chi connectivity index (χ1n) is 9.54. The third-order valence-electron chi connectivity index (χ3n) is 6.18. The summed E-state index contributed by atoms with van der Waals surface area (Å²) in [6, 6.07) is 3.76. The van der Waals surface area contributed by atoms with Crippen LogP contribution in [0.5, 0.6) is 0 Å². The number of carbonyl (C=O) groups excluding carboxylic acids is 2. The van der Waals surface area contributed by atoms with Crippen LogP contribution in [0.15, 0.2) is 18.2 Å². The summed E-state index contributed by atoms with van der Waals surface area (Å²) in [6.07, 6.45) is 2.85. The van der Waals surface area contributed by atoms with E-state index >= 15 is 0 Å². The van der Waals surface area contributed by atoms with Gasteiger partial charge < -0.3 is 14.5 Å². The van der Waals surface area contributed by atoms with Crippen molar-refractivity contribution < 1.29 is 23.1 Å². The van der Waals surface area contributed by atoms with E-state index in [1.165, 1.54) is 6.07 Å². The first-order chi connectivity index (χ1) is 13.0. The smallest absolute Gasteiger partial charge is 0.228 e. The first-order valence-corrected chi connectivity index (χ1v) is 9.54. The molecule has 0 N–H and O–H groups in total. The van der Waals surface area contributed by atoms with Crippen LogP contribution in [0, 0.1) is 23.0 Å². The third-order valence-corrected chi connectivity index (χ3v) is 6.18. The molecule has 0 unspecified atom stereocenters. The Hall–Kier alpha value is -2.02. The van der Waals surface area contributed by atoms with Crippen LogP contribution in [0.2, 0.25) is 0 Å². The monoisotopic (exact) mass is 378 g/mol. The molecular formula is C20H24F2N2O3. The maximum Gasteiger partial charge on any atom is 0.228 e. The Kier molecular flexibility index (Phi) is 4.88. The molecule has 7 heteroatoms. The Balaban J connectivity index is 1.36. The van der Waals surface area contributed by atoms with Gasteiger partial charge in [-0.15, -0.1) is 0 Å². The Morgan fingerprint density at radius 2 is 2.00 bits per heavy atom. The molecule has 0 radical (unpaired) electrons. The Labute approximate surface area is 157 Å². The second-order valence-electron chi connectivity index (χ2n) is 8.06. The molecule has 1 aromatic carbocycles. The second kappa shape index (κ2) is 7.19. The highest BCUT2D eigenvalue weighted by Gasteiger charge is 2.45. The molecule has 3 saturated heterocycles. The molecule has 4 rings (SSSR count). The lowest BCUT2D eigenvalue weighted by Gasteiger charge is -2.39. The highest BCUT2D eigenvalue weighted by atomic mass is 19.2. The van der Waals surface area contributed by atoms with Gasteiger partial charge in [-0.3, -0.25) is 9.59 Å². The highest BCUT2D eigenvalue weighted by Crippen LogP contribution is 2.42. The number of likely N-dealkylation sites (tertiary alicyclic amines) is 2. The van der Waals surface area contributed by atoms with Gasteiger partial charge in [-0.25, -0.2) is 8.78 Å². The molecule has 0 bridgehead atoms. The largest absolute Gasteiger partial charge is 0.381 e. The zero-order valence-electron chi connectivity index (χ0n) is 15.3. The molecule has 3 heterocycles. The fourth-order valence-electron chi connectivity index (χ4n) is 4.51. The SMILES string of the molecule is O=C1CC2(CCN(C(=O)[C@H]3CCOC3)CC2)CN1Cc1ccc(F)c(F)c1. The first kappa shape index (κ1) is 18.3. The van der Waals surface area contributed by atoms with E-state index in [1.807, 2.05) is 4.90 Å². The fourth-order valence-corrected chi connectivity index (χ4v) is 4.51. The molecule has 27 heavy (non-hydrogen) atoms. The molecule has 1 atom stereocenters. The summed E-state index contributed by atoms with van der Waals surface area (Å²) >= 11 is 0. The molecule has 3 aliphatic rings. The normalized spacial score (nSPS) is 24.8. The minimum Gasteiger partial charge on any atom is -0.381 e. The van der Waals surface area contributed by atoms with Gasteiger partial charge in [0.05, 0.1) is 12.5 Å². The number of hydrogen-bond acceptors (Lipinski definition) is 3. The molecule has 3 fully saturated rings. The summed E-state index contributed by atoms with van der Waals surface area (Å²) < 4.78 is 31.8. The minimum absolute atomic E-state index is 0.0193. The number of rotatable bonds is 3. The summed E-state index contributed by atoms with van der Waals surface area (Å²) in [6.45, 7) is 3.41. The molecule has 5 nitrogen and oxygen atoms in total. The molecule has 0 saturated carbocycles. The lowest BCUT2D eigenvalue weighted by molar-refractivity contribution is -0.137. The average molecular weight is 378 g/mol. The second-order valence-corrected chi connectivity index (χ2v) is 8.06. The van der Waals surface area contributed by atoms with Crippen LogP contribution in [-0.2, 0) is 20.9 Å². The van der Waals surface area contributed by atoms with E-state index in [9.17, 15) is 18.4 Å². The van der Waals surface area contributed by atoms with Crippen LogP contribution in [0.25, 0.3) is 0 Å². The average Bonchev–Trinajstić information content (AvgIpc) is 3.28. The summed E-state index contributed by atoms with van der Waals surface area (Å²) in [7, 11) is 0. The maximum atomic E-state index is 13.4. The zero-order chi connectivity index (χ0) is 19.0. The maximum absolute atomic E-state index is 13.4. The van der Waals surface area contributed by atoms with E-state index in [0.29, 0.717) is 51.4 Å². The van der Waals surface area contributed by atoms with E-state index in [0.717, 1.165) is 31.4 Å². The number of amides is 2. The van der Waals surface area contributed by atoms with Crippen LogP contribution in [0.3, 0.4) is 0 Å². The predicted octanol–water partition coefficient (Wildman–Crippen LogP) is 2.34. The fraction of sp³-hybridized carbons (Fsp3) is 0.600. The summed E-state index contributed by atoms with van der Waals surface area (Å²) in [5, 5.41) is 0. The number of nitrogens with zero attached hydrogens (tertiary/aromatic N) is 2. The lowest BCUT2D eigenvalue weighted by Crippen LogP contribution is -2.46. The Bertz CT molecular complexity index is 741. The molecule has 0 aliphatic carbocycles. The molecule has 3 aliphatic heterocycles. The van der Waals surface area contributed by atoms with E-state index in [4.69, 9.17) is 4.74 Å². The van der Waals surface area contributed by atoms with Crippen LogP contribution in [0.1, 0.15) is 31.2 Å². The topological polar surface area (TPSA) is 49.9 Å². The van der Waals surface area contributed by atoms with E-state index in [1.54, 1.807) is 4.90 Å². The van der Waals surface area contributed by atoms with Crippen molar-refractivity contribution in [1.82, 2.24) is 9.80 Å². The van der Waals surface area contributed by atoms with Gasteiger partial charge in [0.15, 0.2) is 11.6 Å². The summed E-state index contributed by atoms with van der Waals surface area (Å²) in [5.74, 6) is -1.58. The number of halogens is 2. The minimum atomic E-state index is -0.892. The van der Waals surface area contributed by atoms with Gasteiger partial charge in [0.25, 0.3) is 0 Å².